The molecule has 4 rings (SSSR count). The summed E-state index contributed by atoms with van der Waals surface area (Å²) in [7, 11) is 0. The van der Waals surface area contributed by atoms with Crippen molar-refractivity contribution in [2.24, 2.45) is 0 Å². The third kappa shape index (κ3) is 4.43. The Kier molecular flexibility index (Phi) is 5.88. The first-order valence-electron chi connectivity index (χ1n) is 9.99. The number of alkyl halides is 3. The normalized spacial score (nSPS) is 12.0. The van der Waals surface area contributed by atoms with Crippen molar-refractivity contribution in [1.29, 1.82) is 0 Å². The molecular weight excluding hydrogens is 444 g/mol. The second-order valence-corrected chi connectivity index (χ2v) is 7.53. The number of carbonyl (C=O) groups is 1. The zero-order valence-electron chi connectivity index (χ0n) is 17.5. The fraction of sp³-hybridized carbons (Fsp3) is 0.273. The lowest BCUT2D eigenvalue weighted by atomic mass is 10.0. The summed E-state index contributed by atoms with van der Waals surface area (Å²) in [5, 5.41) is 4.14. The van der Waals surface area contributed by atoms with Gasteiger partial charge in [0.05, 0.1) is 17.2 Å². The van der Waals surface area contributed by atoms with Crippen molar-refractivity contribution in [3.05, 3.63) is 47.5 Å². The fourth-order valence-electron chi connectivity index (χ4n) is 3.41. The topological polar surface area (TPSA) is 93.9 Å². The zero-order valence-corrected chi connectivity index (χ0v) is 17.5. The molecule has 0 saturated carbocycles. The zero-order chi connectivity index (χ0) is 23.8. The lowest BCUT2D eigenvalue weighted by Gasteiger charge is -2.15. The van der Waals surface area contributed by atoms with E-state index < -0.39 is 29.5 Å². The molecule has 1 N–H and O–H groups in total. The lowest BCUT2D eigenvalue weighted by Crippen LogP contribution is -2.14. The van der Waals surface area contributed by atoms with Gasteiger partial charge in [0.15, 0.2) is 0 Å². The summed E-state index contributed by atoms with van der Waals surface area (Å²) < 4.78 is 65.4. The van der Waals surface area contributed by atoms with E-state index in [4.69, 9.17) is 9.26 Å². The highest BCUT2D eigenvalue weighted by Crippen LogP contribution is 2.38. The molecule has 0 bridgehead atoms. The largest absolute Gasteiger partial charge is 0.475 e. The van der Waals surface area contributed by atoms with Gasteiger partial charge >= 0.3 is 6.18 Å². The number of H-pyrrole nitrogens is 1. The molecule has 0 unspecified atom stereocenters. The molecule has 0 aliphatic rings. The highest BCUT2D eigenvalue weighted by molar-refractivity contribution is 5.95. The first kappa shape index (κ1) is 22.4. The maximum atomic E-state index is 14.5. The number of pyridine rings is 1. The molecule has 4 aromatic rings. The maximum absolute atomic E-state index is 14.5. The van der Waals surface area contributed by atoms with Crippen molar-refractivity contribution in [2.45, 2.75) is 39.0 Å². The first-order valence-corrected chi connectivity index (χ1v) is 9.99. The quantitative estimate of drug-likeness (QED) is 0.294. The van der Waals surface area contributed by atoms with Gasteiger partial charge in [-0.05, 0) is 44.0 Å². The summed E-state index contributed by atoms with van der Waals surface area (Å²) in [6.07, 6.45) is -1.15. The van der Waals surface area contributed by atoms with E-state index in [0.717, 1.165) is 18.5 Å². The molecule has 11 heteroatoms. The smallest absolute Gasteiger partial charge is 0.421 e. The van der Waals surface area contributed by atoms with Crippen molar-refractivity contribution in [2.75, 3.05) is 0 Å². The second-order valence-electron chi connectivity index (χ2n) is 7.53. The number of rotatable bonds is 7. The van der Waals surface area contributed by atoms with Crippen LogP contribution in [-0.2, 0) is 17.4 Å². The van der Waals surface area contributed by atoms with Gasteiger partial charge in [-0.15, -0.1) is 0 Å². The van der Waals surface area contributed by atoms with Gasteiger partial charge < -0.3 is 19.0 Å². The second kappa shape index (κ2) is 8.64. The highest BCUT2D eigenvalue weighted by Gasteiger charge is 2.36. The Hall–Kier alpha value is -3.76. The molecule has 0 atom stereocenters. The van der Waals surface area contributed by atoms with Gasteiger partial charge in [-0.2, -0.15) is 18.2 Å². The van der Waals surface area contributed by atoms with Gasteiger partial charge in [0.25, 0.3) is 5.89 Å². The molecule has 1 aromatic carbocycles. The van der Waals surface area contributed by atoms with E-state index in [2.05, 4.69) is 20.1 Å². The molecule has 0 spiro atoms. The molecule has 0 amide bonds. The Balaban J connectivity index is 1.75. The molecule has 172 valence electrons. The lowest BCUT2D eigenvalue weighted by molar-refractivity contribution is -0.139. The molecule has 0 aliphatic heterocycles. The SMILES string of the molecule is CC(C)Oc1ncc(-c2nc(-c3ccc(F)c4c(CCC=O)c[nH]c34)no2)cc1C(F)(F)F. The van der Waals surface area contributed by atoms with Gasteiger partial charge in [0.1, 0.15) is 17.7 Å². The Bertz CT molecular complexity index is 1310. The van der Waals surface area contributed by atoms with E-state index in [9.17, 15) is 22.4 Å². The van der Waals surface area contributed by atoms with Crippen molar-refractivity contribution in [3.63, 3.8) is 0 Å². The summed E-state index contributed by atoms with van der Waals surface area (Å²) in [5.41, 5.74) is 0.274. The van der Waals surface area contributed by atoms with E-state index in [0.29, 0.717) is 23.1 Å². The number of aldehydes is 1. The molecule has 0 fully saturated rings. The van der Waals surface area contributed by atoms with Crippen LogP contribution in [0.1, 0.15) is 31.4 Å². The summed E-state index contributed by atoms with van der Waals surface area (Å²) in [5.74, 6) is -1.17. The number of aromatic amines is 1. The minimum Gasteiger partial charge on any atom is -0.475 e. The summed E-state index contributed by atoms with van der Waals surface area (Å²) in [6.45, 7) is 3.18. The first-order chi connectivity index (χ1) is 15.7. The van der Waals surface area contributed by atoms with E-state index >= 15 is 0 Å². The van der Waals surface area contributed by atoms with Gasteiger partial charge in [-0.25, -0.2) is 9.37 Å². The van der Waals surface area contributed by atoms with Gasteiger partial charge in [-0.3, -0.25) is 0 Å². The van der Waals surface area contributed by atoms with Gasteiger partial charge in [-0.1, -0.05) is 5.16 Å². The number of nitrogens with zero attached hydrogens (tertiary/aromatic N) is 3. The average molecular weight is 462 g/mol. The summed E-state index contributed by atoms with van der Waals surface area (Å²) >= 11 is 0. The van der Waals surface area contributed by atoms with Crippen LogP contribution in [0.4, 0.5) is 17.6 Å². The van der Waals surface area contributed by atoms with Crippen molar-refractivity contribution < 1.29 is 31.6 Å². The predicted octanol–water partition coefficient (Wildman–Crippen LogP) is 5.36. The molecule has 33 heavy (non-hydrogen) atoms. The van der Waals surface area contributed by atoms with Crippen LogP contribution in [-0.4, -0.2) is 32.5 Å². The number of aryl methyl sites for hydroxylation is 1. The number of ether oxygens (including phenoxy) is 1. The molecule has 3 aromatic heterocycles. The van der Waals surface area contributed by atoms with Crippen LogP contribution in [0.2, 0.25) is 0 Å². The van der Waals surface area contributed by atoms with Crippen LogP contribution in [0.15, 0.2) is 35.1 Å². The molecular formula is C22H18F4N4O3. The predicted molar refractivity (Wildman–Crippen MR) is 110 cm³/mol. The third-order valence-electron chi connectivity index (χ3n) is 4.82. The highest BCUT2D eigenvalue weighted by atomic mass is 19.4. The Labute approximate surface area is 184 Å². The number of carbonyl (C=O) groups excluding carboxylic acids is 1. The average Bonchev–Trinajstić information content (AvgIpc) is 3.40. The minimum absolute atomic E-state index is 0.0475. The van der Waals surface area contributed by atoms with Crippen molar-refractivity contribution in [1.82, 2.24) is 20.1 Å². The molecule has 7 nitrogen and oxygen atoms in total. The van der Waals surface area contributed by atoms with Crippen LogP contribution in [0.25, 0.3) is 33.7 Å². The molecule has 3 heterocycles. The number of hydrogen-bond acceptors (Lipinski definition) is 6. The molecule has 0 radical (unpaired) electrons. The third-order valence-corrected chi connectivity index (χ3v) is 4.82. The van der Waals surface area contributed by atoms with E-state index in [-0.39, 0.29) is 29.1 Å². The Morgan fingerprint density at radius 3 is 2.76 bits per heavy atom. The summed E-state index contributed by atoms with van der Waals surface area (Å²) in [6, 6.07) is 3.49. The number of hydrogen-bond donors (Lipinski definition) is 1. The number of fused-ring (bicyclic) bond motifs is 1. The fourth-order valence-corrected chi connectivity index (χ4v) is 3.41. The number of benzene rings is 1. The maximum Gasteiger partial charge on any atom is 0.421 e. The van der Waals surface area contributed by atoms with Crippen molar-refractivity contribution in [3.8, 4) is 28.7 Å². The van der Waals surface area contributed by atoms with Crippen LogP contribution in [0, 0.1) is 5.82 Å². The van der Waals surface area contributed by atoms with E-state index in [1.54, 1.807) is 20.0 Å². The van der Waals surface area contributed by atoms with Crippen LogP contribution >= 0.6 is 0 Å². The molecule has 0 saturated heterocycles. The molecule has 0 aliphatic carbocycles. The summed E-state index contributed by atoms with van der Waals surface area (Å²) in [4.78, 5) is 21.6. The minimum atomic E-state index is -4.71. The van der Waals surface area contributed by atoms with Crippen LogP contribution < -0.4 is 4.74 Å². The van der Waals surface area contributed by atoms with Gasteiger partial charge in [0.2, 0.25) is 11.7 Å². The van der Waals surface area contributed by atoms with Crippen LogP contribution in [0.3, 0.4) is 0 Å². The van der Waals surface area contributed by atoms with Gasteiger partial charge in [0, 0.05) is 29.8 Å². The standard InChI is InChI=1S/C22H18F4N4O3/c1-11(2)32-21-15(22(24,25)26)8-13(10-28-21)20-29-19(30-33-20)14-5-6-16(23)17-12(4-3-7-31)9-27-18(14)17/h5-11,27H,3-4H2,1-2H3. The monoisotopic (exact) mass is 462 g/mol. The number of aromatic nitrogens is 4. The van der Waals surface area contributed by atoms with Crippen LogP contribution in [0.5, 0.6) is 5.88 Å². The number of nitrogens with one attached hydrogen (secondary N) is 1. The van der Waals surface area contributed by atoms with Crippen molar-refractivity contribution >= 4 is 17.2 Å². The Morgan fingerprint density at radius 1 is 1.27 bits per heavy atom. The van der Waals surface area contributed by atoms with E-state index in [1.165, 1.54) is 12.1 Å². The number of halogens is 4. The Morgan fingerprint density at radius 2 is 2.06 bits per heavy atom. The van der Waals surface area contributed by atoms with E-state index in [1.807, 2.05) is 0 Å².